The van der Waals surface area contributed by atoms with Crippen LogP contribution in [0.2, 0.25) is 0 Å². The number of nitrogens with one attached hydrogen (secondary N) is 1. The lowest BCUT2D eigenvalue weighted by Crippen LogP contribution is -2.24. The van der Waals surface area contributed by atoms with Crippen molar-refractivity contribution in [1.29, 1.82) is 0 Å². The van der Waals surface area contributed by atoms with Crippen molar-refractivity contribution in [3.63, 3.8) is 0 Å². The summed E-state index contributed by atoms with van der Waals surface area (Å²) in [5, 5.41) is 3.96. The number of hydrogen-bond donors (Lipinski definition) is 1. The number of ether oxygens (including phenoxy) is 3. The van der Waals surface area contributed by atoms with Crippen LogP contribution in [0.1, 0.15) is 18.1 Å². The van der Waals surface area contributed by atoms with Crippen LogP contribution < -0.4 is 19.6 Å². The number of carbonyl (C=O) groups excluding carboxylic acids is 1. The van der Waals surface area contributed by atoms with E-state index in [4.69, 9.17) is 14.2 Å². The van der Waals surface area contributed by atoms with Gasteiger partial charge in [0.1, 0.15) is 12.4 Å². The molecule has 0 aromatic heterocycles. The molecule has 154 valence electrons. The van der Waals surface area contributed by atoms with E-state index in [-0.39, 0.29) is 12.5 Å². The smallest absolute Gasteiger partial charge is 0.277 e. The number of carbonyl (C=O) groups is 1. The number of para-hydroxylation sites is 2. The van der Waals surface area contributed by atoms with Gasteiger partial charge >= 0.3 is 0 Å². The van der Waals surface area contributed by atoms with Crippen LogP contribution in [0.25, 0.3) is 0 Å². The van der Waals surface area contributed by atoms with Gasteiger partial charge in [-0.3, -0.25) is 4.79 Å². The third kappa shape index (κ3) is 6.67. The first-order valence-electron chi connectivity index (χ1n) is 9.68. The van der Waals surface area contributed by atoms with E-state index in [9.17, 15) is 4.79 Å². The Kier molecular flexibility index (Phi) is 7.85. The summed E-state index contributed by atoms with van der Waals surface area (Å²) in [5.41, 5.74) is 4.39. The van der Waals surface area contributed by atoms with Crippen LogP contribution in [0.4, 0.5) is 0 Å². The molecular weight excluding hydrogens is 380 g/mol. The number of nitrogens with zero attached hydrogens (tertiary/aromatic N) is 1. The molecule has 0 aliphatic rings. The van der Waals surface area contributed by atoms with Crippen molar-refractivity contribution < 1.29 is 19.0 Å². The normalized spacial score (nSPS) is 10.6. The molecule has 1 amide bonds. The first-order valence-corrected chi connectivity index (χ1v) is 9.68. The highest BCUT2D eigenvalue weighted by molar-refractivity contribution is 5.83. The molecule has 0 spiro atoms. The van der Waals surface area contributed by atoms with Gasteiger partial charge in [0.15, 0.2) is 18.1 Å². The zero-order chi connectivity index (χ0) is 21.0. The van der Waals surface area contributed by atoms with E-state index in [1.165, 1.54) is 0 Å². The fourth-order valence-corrected chi connectivity index (χ4v) is 2.59. The van der Waals surface area contributed by atoms with E-state index >= 15 is 0 Å². The maximum atomic E-state index is 11.9. The minimum atomic E-state index is -0.361. The van der Waals surface area contributed by atoms with Crippen molar-refractivity contribution in [3.05, 3.63) is 90.0 Å². The Bertz CT molecular complexity index is 956. The van der Waals surface area contributed by atoms with Crippen molar-refractivity contribution in [2.24, 2.45) is 5.10 Å². The lowest BCUT2D eigenvalue weighted by Gasteiger charge is -2.10. The van der Waals surface area contributed by atoms with Crippen LogP contribution in [-0.2, 0) is 11.4 Å². The van der Waals surface area contributed by atoms with Crippen LogP contribution in [-0.4, -0.2) is 25.3 Å². The lowest BCUT2D eigenvalue weighted by atomic mass is 10.2. The second kappa shape index (κ2) is 11.3. The van der Waals surface area contributed by atoms with Gasteiger partial charge < -0.3 is 14.2 Å². The van der Waals surface area contributed by atoms with Gasteiger partial charge in [-0.05, 0) is 54.4 Å². The molecule has 0 radical (unpaired) electrons. The molecular formula is C24H24N2O4. The van der Waals surface area contributed by atoms with E-state index < -0.39 is 0 Å². The SMILES string of the molecule is CCOc1ccccc1OCC(=O)NN=Cc1ccc(OCc2ccccc2)cc1. The van der Waals surface area contributed by atoms with Gasteiger partial charge in [-0.1, -0.05) is 42.5 Å². The molecule has 0 saturated heterocycles. The van der Waals surface area contributed by atoms with Gasteiger partial charge in [-0.15, -0.1) is 0 Å². The van der Waals surface area contributed by atoms with Crippen LogP contribution in [0, 0.1) is 0 Å². The Morgan fingerprint density at radius 2 is 1.53 bits per heavy atom. The molecule has 0 heterocycles. The zero-order valence-corrected chi connectivity index (χ0v) is 16.8. The standard InChI is InChI=1S/C24H24N2O4/c1-2-28-22-10-6-7-11-23(22)30-18-24(27)26-25-16-19-12-14-21(15-13-19)29-17-20-8-4-3-5-9-20/h3-16H,2,17-18H2,1H3,(H,26,27). The Morgan fingerprint density at radius 1 is 0.867 bits per heavy atom. The van der Waals surface area contributed by atoms with Crippen LogP contribution in [0.5, 0.6) is 17.2 Å². The van der Waals surface area contributed by atoms with Gasteiger partial charge in [0.25, 0.3) is 5.91 Å². The van der Waals surface area contributed by atoms with Crippen molar-refractivity contribution in [1.82, 2.24) is 5.43 Å². The maximum Gasteiger partial charge on any atom is 0.277 e. The van der Waals surface area contributed by atoms with E-state index in [0.29, 0.717) is 24.7 Å². The van der Waals surface area contributed by atoms with Gasteiger partial charge in [-0.25, -0.2) is 5.43 Å². The minimum absolute atomic E-state index is 0.159. The number of rotatable bonds is 10. The molecule has 3 aromatic rings. The Labute approximate surface area is 176 Å². The number of amides is 1. The number of benzene rings is 3. The fraction of sp³-hybridized carbons (Fsp3) is 0.167. The predicted octanol–water partition coefficient (Wildman–Crippen LogP) is 4.19. The number of hydrogen-bond acceptors (Lipinski definition) is 5. The highest BCUT2D eigenvalue weighted by atomic mass is 16.5. The van der Waals surface area contributed by atoms with E-state index in [1.54, 1.807) is 18.3 Å². The summed E-state index contributed by atoms with van der Waals surface area (Å²) in [6.07, 6.45) is 1.56. The lowest BCUT2D eigenvalue weighted by molar-refractivity contribution is -0.123. The number of hydrazone groups is 1. The largest absolute Gasteiger partial charge is 0.490 e. The summed E-state index contributed by atoms with van der Waals surface area (Å²) in [6.45, 7) is 2.76. The summed E-state index contributed by atoms with van der Waals surface area (Å²) in [5.74, 6) is 1.53. The first kappa shape index (κ1) is 20.9. The maximum absolute atomic E-state index is 11.9. The molecule has 3 rings (SSSR count). The second-order valence-corrected chi connectivity index (χ2v) is 6.30. The summed E-state index contributed by atoms with van der Waals surface area (Å²) in [6, 6.07) is 24.6. The van der Waals surface area contributed by atoms with Gasteiger partial charge in [-0.2, -0.15) is 5.10 Å². The molecule has 3 aromatic carbocycles. The molecule has 6 nitrogen and oxygen atoms in total. The molecule has 0 atom stereocenters. The summed E-state index contributed by atoms with van der Waals surface area (Å²) in [7, 11) is 0. The van der Waals surface area contributed by atoms with E-state index in [1.807, 2.05) is 73.7 Å². The molecule has 0 aliphatic carbocycles. The molecule has 0 fully saturated rings. The highest BCUT2D eigenvalue weighted by Gasteiger charge is 2.06. The molecule has 0 bridgehead atoms. The highest BCUT2D eigenvalue weighted by Crippen LogP contribution is 2.26. The zero-order valence-electron chi connectivity index (χ0n) is 16.8. The Balaban J connectivity index is 1.43. The predicted molar refractivity (Wildman–Crippen MR) is 116 cm³/mol. The van der Waals surface area contributed by atoms with E-state index in [0.717, 1.165) is 16.9 Å². The molecule has 0 unspecified atom stereocenters. The average molecular weight is 404 g/mol. The summed E-state index contributed by atoms with van der Waals surface area (Å²) >= 11 is 0. The molecule has 1 N–H and O–H groups in total. The monoisotopic (exact) mass is 404 g/mol. The van der Waals surface area contributed by atoms with E-state index in [2.05, 4.69) is 10.5 Å². The Morgan fingerprint density at radius 3 is 2.23 bits per heavy atom. The average Bonchev–Trinajstić information content (AvgIpc) is 2.79. The fourth-order valence-electron chi connectivity index (χ4n) is 2.59. The van der Waals surface area contributed by atoms with Crippen molar-refractivity contribution in [2.45, 2.75) is 13.5 Å². The summed E-state index contributed by atoms with van der Waals surface area (Å²) in [4.78, 5) is 11.9. The molecule has 0 aliphatic heterocycles. The van der Waals surface area contributed by atoms with Crippen molar-refractivity contribution in [3.8, 4) is 17.2 Å². The minimum Gasteiger partial charge on any atom is -0.490 e. The third-order valence-corrected chi connectivity index (χ3v) is 4.04. The van der Waals surface area contributed by atoms with Crippen LogP contribution >= 0.6 is 0 Å². The van der Waals surface area contributed by atoms with Gasteiger partial charge in [0.05, 0.1) is 12.8 Å². The summed E-state index contributed by atoms with van der Waals surface area (Å²) < 4.78 is 16.7. The quantitative estimate of drug-likeness (QED) is 0.406. The molecule has 0 saturated carbocycles. The third-order valence-electron chi connectivity index (χ3n) is 4.04. The van der Waals surface area contributed by atoms with Gasteiger partial charge in [0.2, 0.25) is 0 Å². The first-order chi connectivity index (χ1) is 14.7. The topological polar surface area (TPSA) is 69.2 Å². The second-order valence-electron chi connectivity index (χ2n) is 6.30. The van der Waals surface area contributed by atoms with Gasteiger partial charge in [0, 0.05) is 0 Å². The van der Waals surface area contributed by atoms with Crippen LogP contribution in [0.3, 0.4) is 0 Å². The van der Waals surface area contributed by atoms with Crippen molar-refractivity contribution in [2.75, 3.05) is 13.2 Å². The Hall–Kier alpha value is -3.80. The van der Waals surface area contributed by atoms with Crippen LogP contribution in [0.15, 0.2) is 84.0 Å². The molecule has 6 heteroatoms. The van der Waals surface area contributed by atoms with Crippen molar-refractivity contribution >= 4 is 12.1 Å². The molecule has 30 heavy (non-hydrogen) atoms.